The van der Waals surface area contributed by atoms with Crippen molar-refractivity contribution in [3.63, 3.8) is 0 Å². The molecule has 0 aromatic heterocycles. The molecule has 2 aromatic rings. The zero-order chi connectivity index (χ0) is 20.3. The van der Waals surface area contributed by atoms with E-state index in [9.17, 15) is 4.79 Å². The molecule has 0 bridgehead atoms. The van der Waals surface area contributed by atoms with E-state index in [4.69, 9.17) is 34.4 Å². The molecule has 1 fully saturated rings. The van der Waals surface area contributed by atoms with E-state index in [0.29, 0.717) is 40.5 Å². The van der Waals surface area contributed by atoms with Crippen LogP contribution >= 0.6 is 66.8 Å². The van der Waals surface area contributed by atoms with Crippen LogP contribution in [0.25, 0.3) is 6.08 Å². The van der Waals surface area contributed by atoms with Crippen molar-refractivity contribution in [2.24, 2.45) is 4.99 Å². The molecular formula is C19H10Br2Cl2N2O2S. The molecule has 0 unspecified atom stereocenters. The number of carbonyl (C=O) groups excluding carboxylic acids is 1. The van der Waals surface area contributed by atoms with Gasteiger partial charge in [0.15, 0.2) is 5.17 Å². The molecule has 1 N–H and O–H groups in total. The summed E-state index contributed by atoms with van der Waals surface area (Å²) in [5.74, 6) is 2.77. The SMILES string of the molecule is C#CCOc1c(Br)cc(/C=C2\SC(=Nc3cccc(Cl)c3Cl)NC2=O)cc1Br. The van der Waals surface area contributed by atoms with Crippen molar-refractivity contribution in [1.82, 2.24) is 5.32 Å². The quantitative estimate of drug-likeness (QED) is 0.347. The van der Waals surface area contributed by atoms with E-state index in [2.05, 4.69) is 48.1 Å². The van der Waals surface area contributed by atoms with Crippen molar-refractivity contribution in [2.75, 3.05) is 6.61 Å². The van der Waals surface area contributed by atoms with Crippen molar-refractivity contribution >= 4 is 89.7 Å². The first-order valence-electron chi connectivity index (χ1n) is 7.68. The number of hydrogen-bond acceptors (Lipinski definition) is 4. The predicted molar refractivity (Wildman–Crippen MR) is 123 cm³/mol. The summed E-state index contributed by atoms with van der Waals surface area (Å²) in [5.41, 5.74) is 1.28. The van der Waals surface area contributed by atoms with E-state index >= 15 is 0 Å². The molecule has 1 aliphatic rings. The van der Waals surface area contributed by atoms with E-state index in [1.807, 2.05) is 12.1 Å². The summed E-state index contributed by atoms with van der Waals surface area (Å²) in [6, 6.07) is 8.80. The van der Waals surface area contributed by atoms with Crippen LogP contribution in [-0.4, -0.2) is 17.7 Å². The minimum Gasteiger partial charge on any atom is -0.479 e. The van der Waals surface area contributed by atoms with Gasteiger partial charge in [-0.2, -0.15) is 0 Å². The summed E-state index contributed by atoms with van der Waals surface area (Å²) in [5, 5.41) is 3.88. The number of rotatable bonds is 4. The highest BCUT2D eigenvalue weighted by atomic mass is 79.9. The number of nitrogens with zero attached hydrogens (tertiary/aromatic N) is 1. The van der Waals surface area contributed by atoms with Crippen LogP contribution < -0.4 is 10.1 Å². The summed E-state index contributed by atoms with van der Waals surface area (Å²) in [7, 11) is 0. The summed E-state index contributed by atoms with van der Waals surface area (Å²) in [6.07, 6.45) is 6.98. The molecule has 0 spiro atoms. The third-order valence-electron chi connectivity index (χ3n) is 3.42. The summed E-state index contributed by atoms with van der Waals surface area (Å²) in [4.78, 5) is 17.2. The molecule has 1 amide bonds. The molecule has 9 heteroatoms. The van der Waals surface area contributed by atoms with Crippen LogP contribution in [0, 0.1) is 12.3 Å². The van der Waals surface area contributed by atoms with Crippen molar-refractivity contribution in [2.45, 2.75) is 0 Å². The van der Waals surface area contributed by atoms with Gasteiger partial charge in [-0.15, -0.1) is 6.42 Å². The van der Waals surface area contributed by atoms with Gasteiger partial charge in [-0.1, -0.05) is 35.2 Å². The average Bonchev–Trinajstić information content (AvgIpc) is 2.97. The second-order valence-corrected chi connectivity index (χ2v) is 8.89. The number of thioether (sulfide) groups is 1. The topological polar surface area (TPSA) is 50.7 Å². The predicted octanol–water partition coefficient (Wildman–Crippen LogP) is 6.42. The van der Waals surface area contributed by atoms with Crippen LogP contribution in [0.5, 0.6) is 5.75 Å². The maximum Gasteiger partial charge on any atom is 0.264 e. The lowest BCUT2D eigenvalue weighted by Gasteiger charge is -2.09. The van der Waals surface area contributed by atoms with Gasteiger partial charge in [0.25, 0.3) is 5.91 Å². The van der Waals surface area contributed by atoms with Crippen LogP contribution in [0.15, 0.2) is 49.2 Å². The van der Waals surface area contributed by atoms with Gasteiger partial charge in [-0.3, -0.25) is 4.79 Å². The van der Waals surface area contributed by atoms with E-state index < -0.39 is 0 Å². The molecule has 0 radical (unpaired) electrons. The maximum atomic E-state index is 12.3. The number of halogens is 4. The molecule has 4 nitrogen and oxygen atoms in total. The van der Waals surface area contributed by atoms with E-state index in [1.165, 1.54) is 11.8 Å². The Morgan fingerprint density at radius 3 is 2.68 bits per heavy atom. The van der Waals surface area contributed by atoms with Crippen LogP contribution in [0.1, 0.15) is 5.56 Å². The largest absolute Gasteiger partial charge is 0.479 e. The van der Waals surface area contributed by atoms with Crippen molar-refractivity contribution in [3.05, 3.63) is 59.8 Å². The van der Waals surface area contributed by atoms with Gasteiger partial charge in [0.1, 0.15) is 12.4 Å². The Morgan fingerprint density at radius 1 is 1.29 bits per heavy atom. The number of amides is 1. The minimum absolute atomic E-state index is 0.155. The lowest BCUT2D eigenvalue weighted by Crippen LogP contribution is -2.19. The third kappa shape index (κ3) is 4.94. The van der Waals surface area contributed by atoms with Gasteiger partial charge < -0.3 is 10.1 Å². The zero-order valence-corrected chi connectivity index (χ0v) is 19.4. The van der Waals surface area contributed by atoms with Crippen molar-refractivity contribution < 1.29 is 9.53 Å². The molecule has 142 valence electrons. The Morgan fingerprint density at radius 2 is 2.00 bits per heavy atom. The summed E-state index contributed by atoms with van der Waals surface area (Å²) in [6.45, 7) is 0.155. The second kappa shape index (κ2) is 9.38. The molecule has 0 aliphatic carbocycles. The molecule has 28 heavy (non-hydrogen) atoms. The molecule has 3 rings (SSSR count). The lowest BCUT2D eigenvalue weighted by molar-refractivity contribution is -0.115. The number of amidine groups is 1. The van der Waals surface area contributed by atoms with E-state index in [-0.39, 0.29) is 12.5 Å². The van der Waals surface area contributed by atoms with Gasteiger partial charge in [0.2, 0.25) is 0 Å². The van der Waals surface area contributed by atoms with Crippen LogP contribution in [-0.2, 0) is 4.79 Å². The number of aliphatic imine (C=N–C) groups is 1. The number of terminal acetylenes is 1. The molecule has 0 atom stereocenters. The first kappa shape index (κ1) is 21.3. The van der Waals surface area contributed by atoms with Gasteiger partial charge in [0.05, 0.1) is 29.6 Å². The van der Waals surface area contributed by atoms with Crippen molar-refractivity contribution in [3.8, 4) is 18.1 Å². The van der Waals surface area contributed by atoms with Gasteiger partial charge >= 0.3 is 0 Å². The smallest absolute Gasteiger partial charge is 0.264 e. The highest BCUT2D eigenvalue weighted by molar-refractivity contribution is 9.11. The Kier molecular flexibility index (Phi) is 7.13. The minimum atomic E-state index is -0.248. The highest BCUT2D eigenvalue weighted by Gasteiger charge is 2.24. The normalized spacial score (nSPS) is 16.3. The summed E-state index contributed by atoms with van der Waals surface area (Å²) < 4.78 is 6.92. The molecule has 1 heterocycles. The van der Waals surface area contributed by atoms with E-state index in [0.717, 1.165) is 5.56 Å². The van der Waals surface area contributed by atoms with Gasteiger partial charge in [-0.05, 0) is 79.5 Å². The fraction of sp³-hybridized carbons (Fsp3) is 0.0526. The second-order valence-electron chi connectivity index (χ2n) is 5.36. The number of nitrogens with one attached hydrogen (secondary N) is 1. The fourth-order valence-corrected chi connectivity index (χ4v) is 4.86. The lowest BCUT2D eigenvalue weighted by atomic mass is 10.2. The first-order valence-corrected chi connectivity index (χ1v) is 10.8. The third-order valence-corrected chi connectivity index (χ3v) is 6.32. The first-order chi connectivity index (χ1) is 13.4. The molecule has 2 aromatic carbocycles. The van der Waals surface area contributed by atoms with Crippen molar-refractivity contribution in [1.29, 1.82) is 0 Å². The molecule has 1 aliphatic heterocycles. The number of benzene rings is 2. The highest BCUT2D eigenvalue weighted by Crippen LogP contribution is 2.37. The van der Waals surface area contributed by atoms with E-state index in [1.54, 1.807) is 24.3 Å². The Hall–Kier alpha value is -1.43. The molecular weight excluding hydrogens is 551 g/mol. The fourth-order valence-electron chi connectivity index (χ4n) is 2.23. The Bertz CT molecular complexity index is 1040. The van der Waals surface area contributed by atoms with Gasteiger partial charge in [-0.25, -0.2) is 4.99 Å². The van der Waals surface area contributed by atoms with Crippen LogP contribution in [0.4, 0.5) is 5.69 Å². The van der Waals surface area contributed by atoms with Gasteiger partial charge in [0, 0.05) is 0 Å². The number of ether oxygens (including phenoxy) is 1. The monoisotopic (exact) mass is 558 g/mol. The molecule has 1 saturated heterocycles. The number of hydrogen-bond donors (Lipinski definition) is 1. The van der Waals surface area contributed by atoms with Crippen LogP contribution in [0.3, 0.4) is 0 Å². The molecule has 0 saturated carbocycles. The summed E-state index contributed by atoms with van der Waals surface area (Å²) >= 11 is 20.3. The number of carbonyl (C=O) groups is 1. The maximum absolute atomic E-state index is 12.3. The standard InChI is InChI=1S/C19H10Br2Cl2N2O2S/c1-2-6-27-17-11(20)7-10(8-12(17)21)9-15-18(26)25-19(28-15)24-14-5-3-4-13(22)16(14)23/h1,3-5,7-9H,6H2,(H,24,25,26)/b15-9-. The Labute approximate surface area is 193 Å². The zero-order valence-electron chi connectivity index (χ0n) is 13.9. The average molecular weight is 561 g/mol. The van der Waals surface area contributed by atoms with Crippen LogP contribution in [0.2, 0.25) is 10.0 Å². The Balaban J connectivity index is 1.86.